The van der Waals surface area contributed by atoms with E-state index in [0.29, 0.717) is 0 Å². The minimum Gasteiger partial charge on any atom is -0.496 e. The van der Waals surface area contributed by atoms with E-state index in [1.165, 1.54) is 37.7 Å². The van der Waals surface area contributed by atoms with Crippen molar-refractivity contribution >= 4 is 12.4 Å². The fourth-order valence-corrected chi connectivity index (χ4v) is 2.85. The molecule has 1 fully saturated rings. The zero-order valence-electron chi connectivity index (χ0n) is 10.7. The molecule has 0 heterocycles. The van der Waals surface area contributed by atoms with Gasteiger partial charge in [-0.3, -0.25) is 0 Å². The summed E-state index contributed by atoms with van der Waals surface area (Å²) in [5, 5.41) is 3.53. The Kier molecular flexibility index (Phi) is 5.29. The van der Waals surface area contributed by atoms with Gasteiger partial charge in [0.25, 0.3) is 0 Å². The molecule has 1 saturated carbocycles. The average Bonchev–Trinajstić information content (AvgIpc) is 2.39. The lowest BCUT2D eigenvalue weighted by Crippen LogP contribution is -2.41. The molecule has 2 nitrogen and oxygen atoms in total. The molecule has 1 aromatic rings. The number of para-hydroxylation sites is 1. The summed E-state index contributed by atoms with van der Waals surface area (Å²) < 4.78 is 5.49. The van der Waals surface area contributed by atoms with Crippen molar-refractivity contribution in [2.24, 2.45) is 0 Å². The first-order chi connectivity index (χ1) is 7.82. The van der Waals surface area contributed by atoms with Crippen molar-refractivity contribution in [3.63, 3.8) is 0 Å². The van der Waals surface area contributed by atoms with Crippen LogP contribution >= 0.6 is 12.4 Å². The van der Waals surface area contributed by atoms with Crippen molar-refractivity contribution in [3.05, 3.63) is 29.8 Å². The Hall–Kier alpha value is -0.730. The number of halogens is 1. The molecule has 0 spiro atoms. The van der Waals surface area contributed by atoms with Crippen molar-refractivity contribution in [1.82, 2.24) is 5.32 Å². The van der Waals surface area contributed by atoms with Gasteiger partial charge in [-0.05, 0) is 26.0 Å². The number of nitrogens with one attached hydrogen (secondary N) is 1. The molecule has 96 valence electrons. The normalized spacial score (nSPS) is 18.2. The molecule has 1 aliphatic rings. The number of ether oxygens (including phenoxy) is 1. The second-order valence-electron chi connectivity index (χ2n) is 4.59. The summed E-state index contributed by atoms with van der Waals surface area (Å²) in [7, 11) is 3.82. The molecule has 0 aromatic heterocycles. The van der Waals surface area contributed by atoms with Crippen molar-refractivity contribution < 1.29 is 4.74 Å². The van der Waals surface area contributed by atoms with E-state index in [2.05, 4.69) is 30.6 Å². The van der Waals surface area contributed by atoms with E-state index >= 15 is 0 Å². The second kappa shape index (κ2) is 6.27. The fourth-order valence-electron chi connectivity index (χ4n) is 2.85. The van der Waals surface area contributed by atoms with Gasteiger partial charge < -0.3 is 10.1 Å². The summed E-state index contributed by atoms with van der Waals surface area (Å²) in [6, 6.07) is 8.39. The molecule has 0 radical (unpaired) electrons. The predicted octanol–water partition coefficient (Wildman–Crippen LogP) is 3.50. The molecule has 1 aliphatic carbocycles. The van der Waals surface area contributed by atoms with E-state index in [-0.39, 0.29) is 17.9 Å². The van der Waals surface area contributed by atoms with E-state index in [9.17, 15) is 0 Å². The van der Waals surface area contributed by atoms with E-state index in [4.69, 9.17) is 4.74 Å². The maximum absolute atomic E-state index is 5.49. The Labute approximate surface area is 110 Å². The number of methoxy groups -OCH3 is 1. The molecule has 3 heteroatoms. The van der Waals surface area contributed by atoms with Gasteiger partial charge in [-0.25, -0.2) is 0 Å². The van der Waals surface area contributed by atoms with Gasteiger partial charge in [0.05, 0.1) is 7.11 Å². The molecule has 0 amide bonds. The molecular weight excluding hydrogens is 234 g/mol. The summed E-state index contributed by atoms with van der Waals surface area (Å²) in [6.45, 7) is 0. The monoisotopic (exact) mass is 255 g/mol. The first-order valence-corrected chi connectivity index (χ1v) is 6.15. The van der Waals surface area contributed by atoms with Gasteiger partial charge >= 0.3 is 0 Å². The Morgan fingerprint density at radius 2 is 1.76 bits per heavy atom. The van der Waals surface area contributed by atoms with Crippen LogP contribution in [0.3, 0.4) is 0 Å². The van der Waals surface area contributed by atoms with Crippen LogP contribution in [0.5, 0.6) is 5.75 Å². The maximum atomic E-state index is 5.49. The highest BCUT2D eigenvalue weighted by Gasteiger charge is 2.34. The van der Waals surface area contributed by atoms with Gasteiger partial charge in [0.2, 0.25) is 0 Å². The summed E-state index contributed by atoms with van der Waals surface area (Å²) >= 11 is 0. The zero-order valence-corrected chi connectivity index (χ0v) is 11.5. The molecule has 1 aromatic carbocycles. The largest absolute Gasteiger partial charge is 0.496 e. The van der Waals surface area contributed by atoms with E-state index in [0.717, 1.165) is 5.75 Å². The van der Waals surface area contributed by atoms with Crippen molar-refractivity contribution in [2.45, 2.75) is 37.6 Å². The second-order valence-corrected chi connectivity index (χ2v) is 4.59. The SMILES string of the molecule is CNC1(c2ccccc2OC)CCCCC1.Cl. The van der Waals surface area contributed by atoms with Crippen molar-refractivity contribution in [1.29, 1.82) is 0 Å². The first kappa shape index (κ1) is 14.3. The summed E-state index contributed by atoms with van der Waals surface area (Å²) in [5.41, 5.74) is 1.45. The highest BCUT2D eigenvalue weighted by Crippen LogP contribution is 2.40. The van der Waals surface area contributed by atoms with Crippen LogP contribution in [0, 0.1) is 0 Å². The molecule has 2 rings (SSSR count). The quantitative estimate of drug-likeness (QED) is 0.893. The predicted molar refractivity (Wildman–Crippen MR) is 74.1 cm³/mol. The van der Waals surface area contributed by atoms with Gasteiger partial charge in [-0.1, -0.05) is 37.5 Å². The molecule has 1 N–H and O–H groups in total. The van der Waals surface area contributed by atoms with Gasteiger partial charge in [0, 0.05) is 11.1 Å². The summed E-state index contributed by atoms with van der Waals surface area (Å²) in [4.78, 5) is 0. The minimum absolute atomic E-state index is 0. The van der Waals surface area contributed by atoms with Gasteiger partial charge in [-0.2, -0.15) is 0 Å². The third-order valence-electron chi connectivity index (χ3n) is 3.81. The topological polar surface area (TPSA) is 21.3 Å². The van der Waals surface area contributed by atoms with Crippen LogP contribution in [0.2, 0.25) is 0 Å². The molecule has 0 unspecified atom stereocenters. The van der Waals surface area contributed by atoms with Crippen LogP contribution in [0.15, 0.2) is 24.3 Å². The third kappa shape index (κ3) is 2.75. The maximum Gasteiger partial charge on any atom is 0.123 e. The highest BCUT2D eigenvalue weighted by atomic mass is 35.5. The molecule has 0 atom stereocenters. The Morgan fingerprint density at radius 3 is 2.35 bits per heavy atom. The third-order valence-corrected chi connectivity index (χ3v) is 3.81. The van der Waals surface area contributed by atoms with Gasteiger partial charge in [-0.15, -0.1) is 12.4 Å². The lowest BCUT2D eigenvalue weighted by Gasteiger charge is -2.38. The molecule has 17 heavy (non-hydrogen) atoms. The Balaban J connectivity index is 0.00000144. The van der Waals surface area contributed by atoms with Crippen LogP contribution in [0.4, 0.5) is 0 Å². The van der Waals surface area contributed by atoms with Crippen molar-refractivity contribution in [3.8, 4) is 5.75 Å². The smallest absolute Gasteiger partial charge is 0.123 e. The number of rotatable bonds is 3. The number of hydrogen-bond donors (Lipinski definition) is 1. The summed E-state index contributed by atoms with van der Waals surface area (Å²) in [5.74, 6) is 1.01. The Bertz CT molecular complexity index is 348. The van der Waals surface area contributed by atoms with Crippen LogP contribution in [0.1, 0.15) is 37.7 Å². The van der Waals surface area contributed by atoms with Crippen molar-refractivity contribution in [2.75, 3.05) is 14.2 Å². The number of benzene rings is 1. The van der Waals surface area contributed by atoms with E-state index in [1.807, 2.05) is 6.07 Å². The fraction of sp³-hybridized carbons (Fsp3) is 0.571. The first-order valence-electron chi connectivity index (χ1n) is 6.15. The molecular formula is C14H22ClNO. The van der Waals surface area contributed by atoms with E-state index < -0.39 is 0 Å². The highest BCUT2D eigenvalue weighted by molar-refractivity contribution is 5.85. The van der Waals surface area contributed by atoms with Crippen LogP contribution in [-0.2, 0) is 5.54 Å². The van der Waals surface area contributed by atoms with Crippen LogP contribution < -0.4 is 10.1 Å². The number of hydrogen-bond acceptors (Lipinski definition) is 2. The summed E-state index contributed by atoms with van der Waals surface area (Å²) in [6.07, 6.45) is 6.39. The zero-order chi connectivity index (χ0) is 11.4. The average molecular weight is 256 g/mol. The molecule has 0 aliphatic heterocycles. The lowest BCUT2D eigenvalue weighted by atomic mass is 9.76. The standard InChI is InChI=1S/C14H21NO.ClH/c1-15-14(10-6-3-7-11-14)12-8-4-5-9-13(12)16-2;/h4-5,8-9,15H,3,6-7,10-11H2,1-2H3;1H. The van der Waals surface area contributed by atoms with Crippen LogP contribution in [0.25, 0.3) is 0 Å². The van der Waals surface area contributed by atoms with Gasteiger partial charge in [0.1, 0.15) is 5.75 Å². The molecule has 0 bridgehead atoms. The van der Waals surface area contributed by atoms with E-state index in [1.54, 1.807) is 7.11 Å². The lowest BCUT2D eigenvalue weighted by molar-refractivity contribution is 0.241. The van der Waals surface area contributed by atoms with Crippen LogP contribution in [-0.4, -0.2) is 14.2 Å². The molecule has 0 saturated heterocycles. The van der Waals surface area contributed by atoms with Gasteiger partial charge in [0.15, 0.2) is 0 Å². The Morgan fingerprint density at radius 1 is 1.12 bits per heavy atom. The minimum atomic E-state index is 0.